The van der Waals surface area contributed by atoms with Crippen molar-refractivity contribution in [1.82, 2.24) is 5.32 Å². The molecule has 0 spiro atoms. The molecule has 0 fully saturated rings. The van der Waals surface area contributed by atoms with Gasteiger partial charge >= 0.3 is 18.1 Å². The first-order valence-corrected chi connectivity index (χ1v) is 6.84. The number of hydrogen-bond donors (Lipinski definition) is 1. The molecule has 0 aliphatic rings. The molecule has 1 atom stereocenters. The second-order valence-electron chi connectivity index (χ2n) is 4.73. The lowest BCUT2D eigenvalue weighted by Crippen LogP contribution is -2.48. The summed E-state index contributed by atoms with van der Waals surface area (Å²) in [5.74, 6) is -3.89. The molecule has 1 rings (SSSR count). The number of benzene rings is 1. The molecule has 10 heteroatoms. The summed E-state index contributed by atoms with van der Waals surface area (Å²) < 4.78 is 51.7. The van der Waals surface area contributed by atoms with Crippen LogP contribution >= 0.6 is 0 Å². The van der Waals surface area contributed by atoms with Gasteiger partial charge in [-0.05, 0) is 12.1 Å². The molecule has 138 valence electrons. The number of methoxy groups -OCH3 is 3. The number of hydrogen-bond acceptors (Lipinski definition) is 6. The van der Waals surface area contributed by atoms with Crippen LogP contribution in [0.3, 0.4) is 0 Å². The molecule has 7 nitrogen and oxygen atoms in total. The normalized spacial score (nSPS) is 12.1. The Morgan fingerprint density at radius 3 is 2.24 bits per heavy atom. The van der Waals surface area contributed by atoms with Gasteiger partial charge in [0, 0.05) is 6.07 Å². The SMILES string of the molecule is COC(=O)C[C@H](NC(=O)C(F)(F)F)C(=O)c1ccc(OC)cc1OC. The molecule has 0 saturated heterocycles. The molecular formula is C15H16F3NO6. The quantitative estimate of drug-likeness (QED) is 0.583. The van der Waals surface area contributed by atoms with Crippen molar-refractivity contribution in [2.75, 3.05) is 21.3 Å². The third-order valence-electron chi connectivity index (χ3n) is 3.15. The summed E-state index contributed by atoms with van der Waals surface area (Å²) in [5.41, 5.74) is -0.125. The van der Waals surface area contributed by atoms with Crippen LogP contribution in [-0.4, -0.2) is 51.2 Å². The Balaban J connectivity index is 3.18. The average Bonchev–Trinajstić information content (AvgIpc) is 2.58. The third-order valence-corrected chi connectivity index (χ3v) is 3.15. The van der Waals surface area contributed by atoms with Crippen LogP contribution in [0.15, 0.2) is 18.2 Å². The van der Waals surface area contributed by atoms with Gasteiger partial charge in [0.15, 0.2) is 5.78 Å². The minimum atomic E-state index is -5.21. The molecule has 0 unspecified atom stereocenters. The molecule has 25 heavy (non-hydrogen) atoms. The van der Waals surface area contributed by atoms with Crippen molar-refractivity contribution in [1.29, 1.82) is 0 Å². The average molecular weight is 363 g/mol. The second kappa shape index (κ2) is 8.36. The first-order valence-electron chi connectivity index (χ1n) is 6.84. The van der Waals surface area contributed by atoms with E-state index in [1.807, 2.05) is 0 Å². The maximum absolute atomic E-state index is 12.5. The van der Waals surface area contributed by atoms with E-state index in [0.29, 0.717) is 5.75 Å². The Morgan fingerprint density at radius 1 is 1.12 bits per heavy atom. The summed E-state index contributed by atoms with van der Waals surface area (Å²) in [6.45, 7) is 0. The van der Waals surface area contributed by atoms with Gasteiger partial charge in [-0.25, -0.2) is 0 Å². The predicted molar refractivity (Wildman–Crippen MR) is 78.5 cm³/mol. The highest BCUT2D eigenvalue weighted by Gasteiger charge is 2.41. The number of carbonyl (C=O) groups excluding carboxylic acids is 3. The second-order valence-corrected chi connectivity index (χ2v) is 4.73. The number of nitrogens with one attached hydrogen (secondary N) is 1. The lowest BCUT2D eigenvalue weighted by molar-refractivity contribution is -0.174. The number of amides is 1. The monoisotopic (exact) mass is 363 g/mol. The van der Waals surface area contributed by atoms with Gasteiger partial charge in [0.25, 0.3) is 0 Å². The van der Waals surface area contributed by atoms with E-state index in [2.05, 4.69) is 4.74 Å². The Labute approximate surface area is 141 Å². The van der Waals surface area contributed by atoms with Crippen LogP contribution in [0.25, 0.3) is 0 Å². The van der Waals surface area contributed by atoms with Crippen molar-refractivity contribution in [3.8, 4) is 11.5 Å². The standard InChI is InChI=1S/C15H16F3NO6/c1-23-8-4-5-9(11(6-8)24-2)13(21)10(7-12(20)25-3)19-14(22)15(16,17)18/h4-6,10H,7H2,1-3H3,(H,19,22)/t10-/m0/s1. The molecule has 0 aliphatic heterocycles. The molecule has 0 bridgehead atoms. The Bertz CT molecular complexity index is 659. The summed E-state index contributed by atoms with van der Waals surface area (Å²) in [6, 6.07) is 2.21. The van der Waals surface area contributed by atoms with E-state index >= 15 is 0 Å². The summed E-state index contributed by atoms with van der Waals surface area (Å²) in [5, 5.41) is 1.50. The largest absolute Gasteiger partial charge is 0.497 e. The minimum absolute atomic E-state index is 0.0143. The van der Waals surface area contributed by atoms with Gasteiger partial charge in [-0.2, -0.15) is 13.2 Å². The van der Waals surface area contributed by atoms with Gasteiger partial charge in [-0.1, -0.05) is 0 Å². The topological polar surface area (TPSA) is 90.9 Å². The van der Waals surface area contributed by atoms with Crippen LogP contribution in [0.5, 0.6) is 11.5 Å². The van der Waals surface area contributed by atoms with Gasteiger partial charge in [0.2, 0.25) is 0 Å². The fourth-order valence-electron chi connectivity index (χ4n) is 1.89. The molecule has 0 aromatic heterocycles. The molecule has 1 N–H and O–H groups in total. The molecule has 1 aromatic rings. The van der Waals surface area contributed by atoms with Gasteiger partial charge < -0.3 is 19.5 Å². The highest BCUT2D eigenvalue weighted by Crippen LogP contribution is 2.26. The lowest BCUT2D eigenvalue weighted by atomic mass is 10.00. The highest BCUT2D eigenvalue weighted by molar-refractivity contribution is 6.05. The van der Waals surface area contributed by atoms with Crippen LogP contribution in [0.2, 0.25) is 0 Å². The zero-order chi connectivity index (χ0) is 19.2. The van der Waals surface area contributed by atoms with E-state index in [1.165, 1.54) is 37.7 Å². The first kappa shape index (κ1) is 20.3. The van der Waals surface area contributed by atoms with Crippen LogP contribution in [0.1, 0.15) is 16.8 Å². The highest BCUT2D eigenvalue weighted by atomic mass is 19.4. The fraction of sp³-hybridized carbons (Fsp3) is 0.400. The number of ether oxygens (including phenoxy) is 3. The van der Waals surface area contributed by atoms with Crippen molar-refractivity contribution in [2.24, 2.45) is 0 Å². The number of rotatable bonds is 7. The minimum Gasteiger partial charge on any atom is -0.497 e. The van der Waals surface area contributed by atoms with E-state index in [4.69, 9.17) is 9.47 Å². The van der Waals surface area contributed by atoms with E-state index in [9.17, 15) is 27.6 Å². The zero-order valence-corrected chi connectivity index (χ0v) is 13.6. The number of Topliss-reactive ketones (excluding diaryl/α,β-unsaturated/α-hetero) is 1. The van der Waals surface area contributed by atoms with Crippen LogP contribution < -0.4 is 14.8 Å². The Kier molecular flexibility index (Phi) is 6.77. The smallest absolute Gasteiger partial charge is 0.471 e. The van der Waals surface area contributed by atoms with Gasteiger partial charge in [0.1, 0.15) is 17.5 Å². The molecule has 0 radical (unpaired) electrons. The molecule has 0 saturated carbocycles. The molecule has 1 amide bonds. The van der Waals surface area contributed by atoms with Gasteiger partial charge in [-0.3, -0.25) is 14.4 Å². The molecular weight excluding hydrogens is 347 g/mol. The van der Waals surface area contributed by atoms with Gasteiger partial charge in [-0.15, -0.1) is 0 Å². The summed E-state index contributed by atoms with van der Waals surface area (Å²) in [6.07, 6.45) is -5.98. The lowest BCUT2D eigenvalue weighted by Gasteiger charge is -2.19. The number of carbonyl (C=O) groups is 3. The van der Waals surface area contributed by atoms with Crippen molar-refractivity contribution < 1.29 is 41.8 Å². The van der Waals surface area contributed by atoms with Crippen LogP contribution in [-0.2, 0) is 14.3 Å². The number of alkyl halides is 3. The van der Waals surface area contributed by atoms with Crippen LogP contribution in [0.4, 0.5) is 13.2 Å². The summed E-state index contributed by atoms with van der Waals surface area (Å²) in [4.78, 5) is 35.1. The van der Waals surface area contributed by atoms with Crippen molar-refractivity contribution >= 4 is 17.7 Å². The van der Waals surface area contributed by atoms with Crippen molar-refractivity contribution in [2.45, 2.75) is 18.6 Å². The van der Waals surface area contributed by atoms with E-state index < -0.39 is 36.3 Å². The number of esters is 1. The molecule has 1 aromatic carbocycles. The summed E-state index contributed by atoms with van der Waals surface area (Å²) >= 11 is 0. The molecule has 0 heterocycles. The fourth-order valence-corrected chi connectivity index (χ4v) is 1.89. The van der Waals surface area contributed by atoms with Crippen molar-refractivity contribution in [3.05, 3.63) is 23.8 Å². The maximum atomic E-state index is 12.5. The molecule has 0 aliphatic carbocycles. The van der Waals surface area contributed by atoms with Gasteiger partial charge in [0.05, 0.1) is 33.3 Å². The zero-order valence-electron chi connectivity index (χ0n) is 13.6. The van der Waals surface area contributed by atoms with E-state index in [0.717, 1.165) is 7.11 Å². The summed E-state index contributed by atoms with van der Waals surface area (Å²) in [7, 11) is 3.62. The van der Waals surface area contributed by atoms with Crippen LogP contribution in [0, 0.1) is 0 Å². The number of ketones is 1. The first-order chi connectivity index (χ1) is 11.6. The maximum Gasteiger partial charge on any atom is 0.471 e. The number of halogens is 3. The Morgan fingerprint density at radius 2 is 1.76 bits per heavy atom. The third kappa shape index (κ3) is 5.37. The van der Waals surface area contributed by atoms with Crippen molar-refractivity contribution in [3.63, 3.8) is 0 Å². The van der Waals surface area contributed by atoms with E-state index in [1.54, 1.807) is 0 Å². The predicted octanol–water partition coefficient (Wildman–Crippen LogP) is 1.50. The van der Waals surface area contributed by atoms with E-state index in [-0.39, 0.29) is 11.3 Å². The Hall–Kier alpha value is -2.78.